The minimum atomic E-state index is -0.553. The summed E-state index contributed by atoms with van der Waals surface area (Å²) in [6, 6.07) is 4.17. The highest BCUT2D eigenvalue weighted by Crippen LogP contribution is 2.24. The molecule has 2 nitrogen and oxygen atoms in total. The van der Waals surface area contributed by atoms with Crippen molar-refractivity contribution < 1.29 is 8.78 Å². The first-order chi connectivity index (χ1) is 7.58. The Labute approximate surface area is 96.0 Å². The van der Waals surface area contributed by atoms with Crippen LogP contribution in [-0.4, -0.2) is 9.97 Å². The van der Waals surface area contributed by atoms with Crippen LogP contribution < -0.4 is 0 Å². The second kappa shape index (κ2) is 4.09. The van der Waals surface area contributed by atoms with E-state index in [1.807, 2.05) is 0 Å². The van der Waals surface area contributed by atoms with Crippen LogP contribution in [0.1, 0.15) is 5.56 Å². The van der Waals surface area contributed by atoms with Crippen molar-refractivity contribution in [1.29, 1.82) is 0 Å². The number of hydrogen-bond donors (Lipinski definition) is 1. The number of nitrogens with one attached hydrogen (secondary N) is 1. The number of hydrogen-bond acceptors (Lipinski definition) is 2. The van der Waals surface area contributed by atoms with Gasteiger partial charge in [-0.15, -0.1) is 0 Å². The molecule has 0 aliphatic heterocycles. The number of aromatic nitrogens is 2. The molecular formula is C11H8F2N2S. The fourth-order valence-electron chi connectivity index (χ4n) is 1.44. The molecule has 1 heterocycles. The van der Waals surface area contributed by atoms with Crippen LogP contribution in [0.15, 0.2) is 24.4 Å². The molecule has 0 saturated carbocycles. The molecule has 2 rings (SSSR count). The third-order valence-corrected chi connectivity index (χ3v) is 2.44. The van der Waals surface area contributed by atoms with Gasteiger partial charge in [-0.2, -0.15) is 0 Å². The Morgan fingerprint density at radius 2 is 2.06 bits per heavy atom. The molecule has 82 valence electrons. The minimum Gasteiger partial charge on any atom is -0.328 e. The zero-order valence-corrected chi connectivity index (χ0v) is 9.24. The molecule has 0 aliphatic rings. The predicted molar refractivity (Wildman–Crippen MR) is 59.5 cm³/mol. The van der Waals surface area contributed by atoms with Crippen molar-refractivity contribution >= 4 is 12.2 Å². The monoisotopic (exact) mass is 238 g/mol. The molecule has 0 radical (unpaired) electrons. The Kier molecular flexibility index (Phi) is 2.78. The highest BCUT2D eigenvalue weighted by molar-refractivity contribution is 7.71. The van der Waals surface area contributed by atoms with Crippen molar-refractivity contribution in [2.24, 2.45) is 0 Å². The maximum absolute atomic E-state index is 13.5. The molecule has 1 aromatic carbocycles. The van der Waals surface area contributed by atoms with Crippen molar-refractivity contribution in [2.45, 2.75) is 6.92 Å². The summed E-state index contributed by atoms with van der Waals surface area (Å²) < 4.78 is 26.8. The Bertz CT molecular complexity index is 593. The largest absolute Gasteiger partial charge is 0.328 e. The molecule has 0 spiro atoms. The molecule has 0 fully saturated rings. The zero-order chi connectivity index (χ0) is 11.7. The summed E-state index contributed by atoms with van der Waals surface area (Å²) >= 11 is 4.81. The van der Waals surface area contributed by atoms with Crippen LogP contribution in [0.3, 0.4) is 0 Å². The number of halogens is 2. The summed E-state index contributed by atoms with van der Waals surface area (Å²) in [4.78, 5) is 6.23. The van der Waals surface area contributed by atoms with E-state index in [4.69, 9.17) is 12.2 Å². The molecule has 0 aliphatic carbocycles. The van der Waals surface area contributed by atoms with E-state index in [0.29, 0.717) is 5.56 Å². The van der Waals surface area contributed by atoms with E-state index in [-0.39, 0.29) is 10.5 Å². The second-order valence-corrected chi connectivity index (χ2v) is 3.76. The maximum atomic E-state index is 13.5. The first-order valence-corrected chi connectivity index (χ1v) is 5.00. The summed E-state index contributed by atoms with van der Waals surface area (Å²) in [6.07, 6.45) is 1.03. The topological polar surface area (TPSA) is 28.7 Å². The molecule has 0 unspecified atom stereocenters. The summed E-state index contributed by atoms with van der Waals surface area (Å²) in [6.45, 7) is 1.77. The van der Waals surface area contributed by atoms with Gasteiger partial charge in [-0.1, -0.05) is 6.07 Å². The van der Waals surface area contributed by atoms with Gasteiger partial charge in [0.15, 0.2) is 10.6 Å². The van der Waals surface area contributed by atoms with Crippen LogP contribution in [0.25, 0.3) is 11.3 Å². The van der Waals surface area contributed by atoms with Gasteiger partial charge in [0.05, 0.1) is 11.9 Å². The first-order valence-electron chi connectivity index (χ1n) is 4.59. The van der Waals surface area contributed by atoms with Crippen LogP contribution >= 0.6 is 12.2 Å². The summed E-state index contributed by atoms with van der Waals surface area (Å²) in [5.41, 5.74) is 1.38. The summed E-state index contributed by atoms with van der Waals surface area (Å²) in [5.74, 6) is -0.974. The second-order valence-electron chi connectivity index (χ2n) is 3.37. The Morgan fingerprint density at radius 3 is 2.81 bits per heavy atom. The van der Waals surface area contributed by atoms with Gasteiger partial charge in [-0.05, 0) is 36.8 Å². The van der Waals surface area contributed by atoms with E-state index in [9.17, 15) is 8.78 Å². The third kappa shape index (κ3) is 1.99. The number of H-pyrrole nitrogens is 1. The van der Waals surface area contributed by atoms with E-state index in [2.05, 4.69) is 9.97 Å². The van der Waals surface area contributed by atoms with Gasteiger partial charge >= 0.3 is 0 Å². The number of rotatable bonds is 1. The molecule has 0 saturated heterocycles. The van der Waals surface area contributed by atoms with Crippen molar-refractivity contribution in [1.82, 2.24) is 9.97 Å². The fraction of sp³-hybridized carbons (Fsp3) is 0.0909. The van der Waals surface area contributed by atoms with E-state index < -0.39 is 11.6 Å². The Hall–Kier alpha value is -1.62. The lowest BCUT2D eigenvalue weighted by Crippen LogP contribution is -1.95. The lowest BCUT2D eigenvalue weighted by atomic mass is 10.1. The van der Waals surface area contributed by atoms with Crippen LogP contribution in [0.5, 0.6) is 0 Å². The standard InChI is InChI=1S/C11H8F2N2S/c1-6-2-3-7(12)4-8(6)10-9(13)5-14-11(16)15-10/h2-5H,1H3,(H,14,15,16). The minimum absolute atomic E-state index is 0.164. The van der Waals surface area contributed by atoms with Gasteiger partial charge in [0.2, 0.25) is 0 Å². The number of benzene rings is 1. The number of aromatic amines is 1. The molecule has 0 amide bonds. The molecular weight excluding hydrogens is 230 g/mol. The first kappa shape index (κ1) is 10.9. The van der Waals surface area contributed by atoms with Crippen molar-refractivity contribution in [2.75, 3.05) is 0 Å². The Balaban J connectivity index is 2.71. The average Bonchev–Trinajstić information content (AvgIpc) is 2.25. The molecule has 1 N–H and O–H groups in total. The smallest absolute Gasteiger partial charge is 0.197 e. The third-order valence-electron chi connectivity index (χ3n) is 2.23. The van der Waals surface area contributed by atoms with Crippen LogP contribution in [-0.2, 0) is 0 Å². The highest BCUT2D eigenvalue weighted by atomic mass is 32.1. The van der Waals surface area contributed by atoms with E-state index in [0.717, 1.165) is 11.8 Å². The molecule has 5 heteroatoms. The lowest BCUT2D eigenvalue weighted by Gasteiger charge is -2.06. The number of nitrogens with zero attached hydrogens (tertiary/aromatic N) is 1. The van der Waals surface area contributed by atoms with Gasteiger partial charge in [0.1, 0.15) is 5.82 Å². The molecule has 0 bridgehead atoms. The quantitative estimate of drug-likeness (QED) is 0.771. The van der Waals surface area contributed by atoms with Crippen molar-refractivity contribution in [3.63, 3.8) is 0 Å². The lowest BCUT2D eigenvalue weighted by molar-refractivity contribution is 0.614. The molecule has 16 heavy (non-hydrogen) atoms. The zero-order valence-electron chi connectivity index (χ0n) is 8.42. The Morgan fingerprint density at radius 1 is 1.31 bits per heavy atom. The van der Waals surface area contributed by atoms with E-state index in [1.165, 1.54) is 12.1 Å². The van der Waals surface area contributed by atoms with Gasteiger partial charge in [0, 0.05) is 5.56 Å². The molecule has 2 aromatic rings. The SMILES string of the molecule is Cc1ccc(F)cc1-c1[nH]c(=S)ncc1F. The van der Waals surface area contributed by atoms with Gasteiger partial charge < -0.3 is 4.98 Å². The summed E-state index contributed by atoms with van der Waals surface area (Å²) in [7, 11) is 0. The average molecular weight is 238 g/mol. The molecule has 1 aromatic heterocycles. The predicted octanol–water partition coefficient (Wildman–Crippen LogP) is 3.39. The van der Waals surface area contributed by atoms with Crippen molar-refractivity contribution in [3.8, 4) is 11.3 Å². The van der Waals surface area contributed by atoms with Crippen LogP contribution in [0, 0.1) is 23.3 Å². The van der Waals surface area contributed by atoms with Crippen LogP contribution in [0.2, 0.25) is 0 Å². The van der Waals surface area contributed by atoms with Crippen molar-refractivity contribution in [3.05, 3.63) is 46.4 Å². The van der Waals surface area contributed by atoms with Gasteiger partial charge in [-0.25, -0.2) is 13.8 Å². The number of aryl methyl sites for hydroxylation is 1. The molecule has 0 atom stereocenters. The fourth-order valence-corrected chi connectivity index (χ4v) is 1.59. The summed E-state index contributed by atoms with van der Waals surface area (Å²) in [5, 5.41) is 0. The highest BCUT2D eigenvalue weighted by Gasteiger charge is 2.09. The van der Waals surface area contributed by atoms with Gasteiger partial charge in [0.25, 0.3) is 0 Å². The van der Waals surface area contributed by atoms with Gasteiger partial charge in [-0.3, -0.25) is 0 Å². The normalized spacial score (nSPS) is 10.4. The van der Waals surface area contributed by atoms with E-state index in [1.54, 1.807) is 13.0 Å². The van der Waals surface area contributed by atoms with E-state index >= 15 is 0 Å². The van der Waals surface area contributed by atoms with Crippen LogP contribution in [0.4, 0.5) is 8.78 Å². The maximum Gasteiger partial charge on any atom is 0.197 e.